The first-order valence-corrected chi connectivity index (χ1v) is 8.38. The highest BCUT2D eigenvalue weighted by Crippen LogP contribution is 2.36. The molecule has 1 amide bonds. The minimum Gasteiger partial charge on any atom is -0.493 e. The van der Waals surface area contributed by atoms with Crippen molar-refractivity contribution in [2.24, 2.45) is 5.10 Å². The van der Waals surface area contributed by atoms with Crippen molar-refractivity contribution in [3.8, 4) is 11.5 Å². The fraction of sp³-hybridized carbons (Fsp3) is 0.250. The zero-order valence-corrected chi connectivity index (χ0v) is 15.6. The largest absolute Gasteiger partial charge is 0.493 e. The fourth-order valence-electron chi connectivity index (χ4n) is 2.79. The number of amides is 1. The van der Waals surface area contributed by atoms with E-state index in [-0.39, 0.29) is 11.7 Å². The first-order chi connectivity index (χ1) is 12.9. The van der Waals surface area contributed by atoms with Crippen LogP contribution in [0, 0.1) is 6.92 Å². The SMILES string of the molecule is COc1ccc([C@H]2OC(c3ccccc3C)=NN2C(C)=O)cc1OC(C)=O. The molecule has 3 rings (SSSR count). The van der Waals surface area contributed by atoms with Crippen molar-refractivity contribution >= 4 is 17.8 Å². The van der Waals surface area contributed by atoms with Gasteiger partial charge in [-0.05, 0) is 36.8 Å². The maximum absolute atomic E-state index is 12.1. The van der Waals surface area contributed by atoms with Crippen molar-refractivity contribution in [3.05, 3.63) is 59.2 Å². The number of ether oxygens (including phenoxy) is 3. The second-order valence-electron chi connectivity index (χ2n) is 6.06. The van der Waals surface area contributed by atoms with Crippen molar-refractivity contribution in [3.63, 3.8) is 0 Å². The van der Waals surface area contributed by atoms with Gasteiger partial charge in [0.1, 0.15) is 0 Å². The summed E-state index contributed by atoms with van der Waals surface area (Å²) in [5, 5.41) is 5.61. The van der Waals surface area contributed by atoms with Gasteiger partial charge >= 0.3 is 5.97 Å². The van der Waals surface area contributed by atoms with E-state index in [1.54, 1.807) is 18.2 Å². The Labute approximate surface area is 157 Å². The van der Waals surface area contributed by atoms with E-state index in [2.05, 4.69) is 5.10 Å². The molecular formula is C20H20N2O5. The quantitative estimate of drug-likeness (QED) is 0.612. The molecule has 0 aliphatic carbocycles. The maximum Gasteiger partial charge on any atom is 0.308 e. The number of carbonyl (C=O) groups is 2. The molecule has 2 aromatic rings. The van der Waals surface area contributed by atoms with E-state index in [0.29, 0.717) is 17.2 Å². The van der Waals surface area contributed by atoms with Crippen molar-refractivity contribution in [2.75, 3.05) is 7.11 Å². The van der Waals surface area contributed by atoms with Crippen LogP contribution in [-0.4, -0.2) is 29.9 Å². The summed E-state index contributed by atoms with van der Waals surface area (Å²) in [6.45, 7) is 4.66. The van der Waals surface area contributed by atoms with Crippen LogP contribution in [0.3, 0.4) is 0 Å². The number of hydrogen-bond donors (Lipinski definition) is 0. The molecule has 27 heavy (non-hydrogen) atoms. The molecule has 1 atom stereocenters. The number of rotatable bonds is 4. The minimum absolute atomic E-state index is 0.249. The summed E-state index contributed by atoms with van der Waals surface area (Å²) in [4.78, 5) is 23.5. The summed E-state index contributed by atoms with van der Waals surface area (Å²) < 4.78 is 16.4. The van der Waals surface area contributed by atoms with Gasteiger partial charge in [-0.1, -0.05) is 18.2 Å². The number of benzene rings is 2. The summed E-state index contributed by atoms with van der Waals surface area (Å²) in [7, 11) is 1.48. The van der Waals surface area contributed by atoms with E-state index < -0.39 is 12.2 Å². The lowest BCUT2D eigenvalue weighted by Gasteiger charge is -2.20. The number of hydrogen-bond acceptors (Lipinski definition) is 6. The van der Waals surface area contributed by atoms with Crippen molar-refractivity contribution in [1.82, 2.24) is 5.01 Å². The first kappa shape index (κ1) is 18.4. The summed E-state index contributed by atoms with van der Waals surface area (Å²) in [6.07, 6.45) is -0.766. The normalized spacial score (nSPS) is 15.8. The van der Waals surface area contributed by atoms with Gasteiger partial charge in [-0.25, -0.2) is 0 Å². The lowest BCUT2D eigenvalue weighted by atomic mass is 10.1. The van der Waals surface area contributed by atoms with Gasteiger partial charge in [0.05, 0.1) is 7.11 Å². The molecule has 1 aliphatic rings. The van der Waals surface area contributed by atoms with Gasteiger partial charge in [0.15, 0.2) is 11.5 Å². The Morgan fingerprint density at radius 3 is 2.48 bits per heavy atom. The fourth-order valence-corrected chi connectivity index (χ4v) is 2.79. The standard InChI is InChI=1S/C20H20N2O5/c1-12-7-5-6-8-16(12)19-21-22(13(2)23)20(27-19)15-9-10-17(25-4)18(11-15)26-14(3)24/h5-11,20H,1-4H3/t20-/m1/s1. The first-order valence-electron chi connectivity index (χ1n) is 8.38. The summed E-state index contributed by atoms with van der Waals surface area (Å²) in [6, 6.07) is 12.6. The van der Waals surface area contributed by atoms with Gasteiger partial charge in [0, 0.05) is 25.0 Å². The maximum atomic E-state index is 12.1. The van der Waals surface area contributed by atoms with Crippen LogP contribution in [0.4, 0.5) is 0 Å². The highest BCUT2D eigenvalue weighted by Gasteiger charge is 2.34. The van der Waals surface area contributed by atoms with Gasteiger partial charge in [-0.15, -0.1) is 5.10 Å². The van der Waals surface area contributed by atoms with Crippen LogP contribution in [0.25, 0.3) is 0 Å². The number of methoxy groups -OCH3 is 1. The lowest BCUT2D eigenvalue weighted by Crippen LogP contribution is -2.25. The summed E-state index contributed by atoms with van der Waals surface area (Å²) in [5.74, 6) is 0.268. The molecule has 0 radical (unpaired) electrons. The molecule has 7 nitrogen and oxygen atoms in total. The molecule has 0 unspecified atom stereocenters. The topological polar surface area (TPSA) is 77.4 Å². The van der Waals surface area contributed by atoms with Crippen LogP contribution in [-0.2, 0) is 14.3 Å². The molecule has 1 heterocycles. The molecule has 0 N–H and O–H groups in total. The average Bonchev–Trinajstić information content (AvgIpc) is 3.07. The molecule has 0 saturated heterocycles. The van der Waals surface area contributed by atoms with Crippen molar-refractivity contribution in [2.45, 2.75) is 27.0 Å². The third-order valence-electron chi connectivity index (χ3n) is 4.07. The average molecular weight is 368 g/mol. The van der Waals surface area contributed by atoms with E-state index in [1.165, 1.54) is 26.0 Å². The number of nitrogens with zero attached hydrogens (tertiary/aromatic N) is 2. The Morgan fingerprint density at radius 2 is 1.85 bits per heavy atom. The van der Waals surface area contributed by atoms with Gasteiger partial charge in [0.2, 0.25) is 18.0 Å². The van der Waals surface area contributed by atoms with Crippen molar-refractivity contribution < 1.29 is 23.8 Å². The van der Waals surface area contributed by atoms with E-state index in [4.69, 9.17) is 14.2 Å². The van der Waals surface area contributed by atoms with Crippen LogP contribution in [0.2, 0.25) is 0 Å². The smallest absolute Gasteiger partial charge is 0.308 e. The number of aryl methyl sites for hydroxylation is 1. The zero-order chi connectivity index (χ0) is 19.6. The second kappa shape index (κ2) is 7.49. The molecule has 140 valence electrons. The molecule has 2 aromatic carbocycles. The Morgan fingerprint density at radius 1 is 1.11 bits per heavy atom. The van der Waals surface area contributed by atoms with Gasteiger partial charge in [-0.2, -0.15) is 5.01 Å². The molecule has 1 aliphatic heterocycles. The predicted molar refractivity (Wildman–Crippen MR) is 98.4 cm³/mol. The Kier molecular flexibility index (Phi) is 5.12. The van der Waals surface area contributed by atoms with E-state index in [1.807, 2.05) is 31.2 Å². The van der Waals surface area contributed by atoms with Crippen LogP contribution >= 0.6 is 0 Å². The number of esters is 1. The van der Waals surface area contributed by atoms with Crippen LogP contribution < -0.4 is 9.47 Å². The highest BCUT2D eigenvalue weighted by molar-refractivity contribution is 5.97. The Balaban J connectivity index is 1.98. The van der Waals surface area contributed by atoms with Crippen LogP contribution in [0.15, 0.2) is 47.6 Å². The van der Waals surface area contributed by atoms with E-state index in [0.717, 1.165) is 11.1 Å². The molecule has 0 fully saturated rings. The van der Waals surface area contributed by atoms with E-state index >= 15 is 0 Å². The molecule has 0 aromatic heterocycles. The zero-order valence-electron chi connectivity index (χ0n) is 15.6. The predicted octanol–water partition coefficient (Wildman–Crippen LogP) is 3.17. The third-order valence-corrected chi connectivity index (χ3v) is 4.07. The number of carbonyl (C=O) groups excluding carboxylic acids is 2. The minimum atomic E-state index is -0.766. The van der Waals surface area contributed by atoms with Gasteiger partial charge in [0.25, 0.3) is 0 Å². The van der Waals surface area contributed by atoms with Crippen LogP contribution in [0.5, 0.6) is 11.5 Å². The molecular weight excluding hydrogens is 348 g/mol. The third kappa shape index (κ3) is 3.76. The lowest BCUT2D eigenvalue weighted by molar-refractivity contribution is -0.135. The highest BCUT2D eigenvalue weighted by atomic mass is 16.6. The molecule has 7 heteroatoms. The van der Waals surface area contributed by atoms with Gasteiger partial charge in [-0.3, -0.25) is 9.59 Å². The Hall–Kier alpha value is -3.35. The Bertz CT molecular complexity index is 922. The summed E-state index contributed by atoms with van der Waals surface area (Å²) in [5.41, 5.74) is 2.39. The van der Waals surface area contributed by atoms with Crippen molar-refractivity contribution in [1.29, 1.82) is 0 Å². The van der Waals surface area contributed by atoms with Crippen LogP contribution in [0.1, 0.15) is 36.8 Å². The van der Waals surface area contributed by atoms with Gasteiger partial charge < -0.3 is 14.2 Å². The molecule has 0 bridgehead atoms. The monoisotopic (exact) mass is 368 g/mol. The molecule has 0 saturated carbocycles. The van der Waals surface area contributed by atoms with E-state index in [9.17, 15) is 9.59 Å². The summed E-state index contributed by atoms with van der Waals surface area (Å²) >= 11 is 0. The second-order valence-corrected chi connectivity index (χ2v) is 6.06. The molecule has 0 spiro atoms. The number of hydrazone groups is 1.